The second kappa shape index (κ2) is 14.1. The molecule has 0 aliphatic carbocycles. The summed E-state index contributed by atoms with van der Waals surface area (Å²) in [6.07, 6.45) is -2.88. The first-order chi connectivity index (χ1) is 18.3. The lowest BCUT2D eigenvalue weighted by Gasteiger charge is -2.32. The Morgan fingerprint density at radius 2 is 0.737 bits per heavy atom. The third-order valence-electron chi connectivity index (χ3n) is 6.25. The number of hydrogen-bond donors (Lipinski definition) is 6. The van der Waals surface area contributed by atoms with E-state index in [4.69, 9.17) is 29.5 Å². The smallest absolute Gasteiger partial charge is 0.119 e. The minimum absolute atomic E-state index is 0.0218. The Labute approximate surface area is 222 Å². The molecule has 0 bridgehead atoms. The van der Waals surface area contributed by atoms with Crippen molar-refractivity contribution in [2.75, 3.05) is 39.6 Å². The number of hydrogen-bond acceptors (Lipinski definition) is 9. The van der Waals surface area contributed by atoms with Crippen LogP contribution >= 0.6 is 0 Å². The van der Waals surface area contributed by atoms with Gasteiger partial charge in [0.1, 0.15) is 55.4 Å². The maximum Gasteiger partial charge on any atom is 0.119 e. The van der Waals surface area contributed by atoms with Gasteiger partial charge in [0.15, 0.2) is 0 Å². The van der Waals surface area contributed by atoms with Gasteiger partial charge in [-0.25, -0.2) is 0 Å². The Morgan fingerprint density at radius 1 is 0.500 bits per heavy atom. The minimum atomic E-state index is -0.960. The summed E-state index contributed by atoms with van der Waals surface area (Å²) in [5.41, 5.74) is 2.26. The highest BCUT2D eigenvalue weighted by Crippen LogP contribution is 2.40. The highest BCUT2D eigenvalue weighted by molar-refractivity contribution is 5.52. The van der Waals surface area contributed by atoms with Gasteiger partial charge in [0.05, 0.1) is 19.8 Å². The van der Waals surface area contributed by atoms with Gasteiger partial charge in [0.2, 0.25) is 0 Å². The summed E-state index contributed by atoms with van der Waals surface area (Å²) >= 11 is 0. The lowest BCUT2D eigenvalue weighted by molar-refractivity contribution is 0.0536. The first-order valence-corrected chi connectivity index (χ1v) is 12.4. The van der Waals surface area contributed by atoms with Crippen molar-refractivity contribution in [1.29, 1.82) is 0 Å². The van der Waals surface area contributed by atoms with Crippen molar-refractivity contribution < 1.29 is 44.8 Å². The molecule has 9 heteroatoms. The summed E-state index contributed by atoms with van der Waals surface area (Å²) in [4.78, 5) is 0. The Balaban J connectivity index is 1.91. The van der Waals surface area contributed by atoms with Crippen molar-refractivity contribution in [2.45, 2.75) is 30.7 Å². The van der Waals surface area contributed by atoms with Crippen LogP contribution < -0.4 is 14.2 Å². The van der Waals surface area contributed by atoms with E-state index >= 15 is 0 Å². The van der Waals surface area contributed by atoms with Crippen LogP contribution in [0.15, 0.2) is 72.8 Å². The Kier molecular flexibility index (Phi) is 10.9. The van der Waals surface area contributed by atoms with Crippen LogP contribution in [0.3, 0.4) is 0 Å². The van der Waals surface area contributed by atoms with Crippen molar-refractivity contribution in [1.82, 2.24) is 0 Å². The molecule has 9 nitrogen and oxygen atoms in total. The number of aliphatic hydroxyl groups is 6. The third kappa shape index (κ3) is 7.67. The van der Waals surface area contributed by atoms with Crippen molar-refractivity contribution >= 4 is 0 Å². The van der Waals surface area contributed by atoms with E-state index in [1.54, 1.807) is 36.4 Å². The zero-order valence-corrected chi connectivity index (χ0v) is 21.3. The lowest BCUT2D eigenvalue weighted by Crippen LogP contribution is -2.26. The van der Waals surface area contributed by atoms with E-state index in [2.05, 4.69) is 6.92 Å². The van der Waals surface area contributed by atoms with Gasteiger partial charge in [-0.2, -0.15) is 0 Å². The summed E-state index contributed by atoms with van der Waals surface area (Å²) in [6, 6.07) is 22.4. The molecule has 6 N–H and O–H groups in total. The molecule has 3 aromatic carbocycles. The lowest BCUT2D eigenvalue weighted by atomic mass is 9.71. The molecular weight excluding hydrogens is 492 g/mol. The van der Waals surface area contributed by atoms with Crippen LogP contribution in [-0.2, 0) is 5.41 Å². The predicted octanol–water partition coefficient (Wildman–Crippen LogP) is 1.24. The fourth-order valence-corrected chi connectivity index (χ4v) is 3.89. The molecule has 0 aromatic heterocycles. The third-order valence-corrected chi connectivity index (χ3v) is 6.25. The standard InChI is InChI=1S/C29H36O9/c1-29(20-2-8-26(9-3-20)36-17-23(33)14-30,21-4-10-27(11-5-21)37-18-24(34)15-31)22-6-12-28(13-7-22)38-19-25(35)16-32/h2-13,23-25,30-35H,14-19H2,1H3. The van der Waals surface area contributed by atoms with Gasteiger partial charge in [-0.1, -0.05) is 36.4 Å². The van der Waals surface area contributed by atoms with Crippen LogP contribution in [0, 0.1) is 0 Å². The van der Waals surface area contributed by atoms with E-state index in [-0.39, 0.29) is 39.6 Å². The Morgan fingerprint density at radius 3 is 0.947 bits per heavy atom. The van der Waals surface area contributed by atoms with Crippen molar-refractivity contribution in [3.8, 4) is 17.2 Å². The number of ether oxygens (including phenoxy) is 3. The van der Waals surface area contributed by atoms with Crippen LogP contribution in [0.2, 0.25) is 0 Å². The van der Waals surface area contributed by atoms with Gasteiger partial charge < -0.3 is 44.8 Å². The highest BCUT2D eigenvalue weighted by Gasteiger charge is 2.31. The van der Waals surface area contributed by atoms with E-state index in [0.717, 1.165) is 16.7 Å². The fourth-order valence-electron chi connectivity index (χ4n) is 3.89. The topological polar surface area (TPSA) is 149 Å². The molecule has 3 unspecified atom stereocenters. The summed E-state index contributed by atoms with van der Waals surface area (Å²) in [5.74, 6) is 1.67. The van der Waals surface area contributed by atoms with Crippen molar-refractivity contribution in [2.24, 2.45) is 0 Å². The summed E-state index contributed by atoms with van der Waals surface area (Å²) < 4.78 is 16.7. The molecule has 3 atom stereocenters. The first kappa shape index (κ1) is 29.4. The zero-order chi connectivity index (χ0) is 27.5. The zero-order valence-electron chi connectivity index (χ0n) is 21.3. The van der Waals surface area contributed by atoms with E-state index in [0.29, 0.717) is 17.2 Å². The molecule has 0 aliphatic rings. The Hall–Kier alpha value is -3.18. The average molecular weight is 529 g/mol. The van der Waals surface area contributed by atoms with Gasteiger partial charge in [0.25, 0.3) is 0 Å². The SMILES string of the molecule is CC(c1ccc(OCC(O)CO)cc1)(c1ccc(OCC(O)CO)cc1)c1ccc(OCC(O)CO)cc1. The molecule has 0 radical (unpaired) electrons. The molecule has 0 amide bonds. The molecule has 3 rings (SSSR count). The monoisotopic (exact) mass is 528 g/mol. The van der Waals surface area contributed by atoms with Crippen LogP contribution in [0.4, 0.5) is 0 Å². The summed E-state index contributed by atoms with van der Waals surface area (Å²) in [7, 11) is 0. The molecule has 3 aromatic rings. The van der Waals surface area contributed by atoms with Crippen LogP contribution in [-0.4, -0.2) is 88.6 Å². The average Bonchev–Trinajstić information content (AvgIpc) is 2.97. The largest absolute Gasteiger partial charge is 0.491 e. The fraction of sp³-hybridized carbons (Fsp3) is 0.379. The molecule has 0 saturated heterocycles. The predicted molar refractivity (Wildman–Crippen MR) is 141 cm³/mol. The molecule has 0 fully saturated rings. The maximum absolute atomic E-state index is 9.56. The van der Waals surface area contributed by atoms with Gasteiger partial charge in [-0.3, -0.25) is 0 Å². The molecule has 0 spiro atoms. The van der Waals surface area contributed by atoms with Gasteiger partial charge in [-0.15, -0.1) is 0 Å². The highest BCUT2D eigenvalue weighted by atomic mass is 16.5. The van der Waals surface area contributed by atoms with Crippen molar-refractivity contribution in [3.63, 3.8) is 0 Å². The molecule has 38 heavy (non-hydrogen) atoms. The second-order valence-electron chi connectivity index (χ2n) is 9.14. The summed E-state index contributed by atoms with van der Waals surface area (Å²) in [5, 5.41) is 55.7. The number of benzene rings is 3. The van der Waals surface area contributed by atoms with Crippen LogP contribution in [0.5, 0.6) is 17.2 Å². The number of rotatable bonds is 15. The molecule has 0 saturated carbocycles. The number of aliphatic hydroxyl groups excluding tert-OH is 6. The van der Waals surface area contributed by atoms with E-state index in [9.17, 15) is 15.3 Å². The van der Waals surface area contributed by atoms with E-state index < -0.39 is 23.7 Å². The molecule has 206 valence electrons. The van der Waals surface area contributed by atoms with Crippen molar-refractivity contribution in [3.05, 3.63) is 89.5 Å². The van der Waals surface area contributed by atoms with Gasteiger partial charge in [0, 0.05) is 5.41 Å². The van der Waals surface area contributed by atoms with Crippen LogP contribution in [0.1, 0.15) is 23.6 Å². The molecule has 0 aliphatic heterocycles. The van der Waals surface area contributed by atoms with Gasteiger partial charge >= 0.3 is 0 Å². The van der Waals surface area contributed by atoms with E-state index in [1.807, 2.05) is 36.4 Å². The van der Waals surface area contributed by atoms with E-state index in [1.165, 1.54) is 0 Å². The maximum atomic E-state index is 9.56. The Bertz CT molecular complexity index is 945. The molecule has 0 heterocycles. The summed E-state index contributed by atoms with van der Waals surface area (Å²) in [6.45, 7) is 0.869. The normalized spacial score (nSPS) is 15.2. The first-order valence-electron chi connectivity index (χ1n) is 12.4. The van der Waals surface area contributed by atoms with Crippen LogP contribution in [0.25, 0.3) is 0 Å². The van der Waals surface area contributed by atoms with Gasteiger partial charge in [-0.05, 0) is 60.0 Å². The second-order valence-corrected chi connectivity index (χ2v) is 9.14. The molecular formula is C29H36O9. The quantitative estimate of drug-likeness (QED) is 0.160. The minimum Gasteiger partial charge on any atom is -0.491 e.